The maximum Gasteiger partial charge on any atom is 0.314 e. The largest absolute Gasteiger partial charge is 0.469 e. The third kappa shape index (κ3) is 6.00. The van der Waals surface area contributed by atoms with E-state index in [1.165, 1.54) is 7.11 Å². The van der Waals surface area contributed by atoms with Gasteiger partial charge in [0.1, 0.15) is 11.5 Å². The number of methoxy groups -OCH3 is 1. The lowest BCUT2D eigenvalue weighted by Gasteiger charge is -2.30. The van der Waals surface area contributed by atoms with Crippen LogP contribution in [0.5, 0.6) is 0 Å². The van der Waals surface area contributed by atoms with Crippen LogP contribution in [-0.2, 0) is 19.1 Å². The highest BCUT2D eigenvalue weighted by Crippen LogP contribution is 2.27. The summed E-state index contributed by atoms with van der Waals surface area (Å²) in [5, 5.41) is 10.3. The number of aliphatic hydroxyl groups is 1. The van der Waals surface area contributed by atoms with E-state index in [9.17, 15) is 14.7 Å². The second-order valence-corrected chi connectivity index (χ2v) is 6.34. The zero-order valence-electron chi connectivity index (χ0n) is 14.0. The highest BCUT2D eigenvalue weighted by Gasteiger charge is 2.37. The molecule has 0 spiro atoms. The summed E-state index contributed by atoms with van der Waals surface area (Å²) in [5.74, 6) is -2.34. The van der Waals surface area contributed by atoms with Crippen LogP contribution in [0.3, 0.4) is 0 Å². The van der Waals surface area contributed by atoms with E-state index < -0.39 is 35.6 Å². The van der Waals surface area contributed by atoms with E-state index in [0.717, 1.165) is 0 Å². The molecule has 1 aromatic rings. The number of nitrogens with two attached hydrogens (primary N) is 1. The van der Waals surface area contributed by atoms with Gasteiger partial charge >= 0.3 is 11.9 Å². The van der Waals surface area contributed by atoms with E-state index in [-0.39, 0.29) is 6.42 Å². The zero-order chi connectivity index (χ0) is 17.6. The Kier molecular flexibility index (Phi) is 6.72. The molecule has 0 amide bonds. The summed E-state index contributed by atoms with van der Waals surface area (Å²) >= 11 is 0. The summed E-state index contributed by atoms with van der Waals surface area (Å²) in [6.07, 6.45) is -1.63. The first-order chi connectivity index (χ1) is 10.7. The fraction of sp³-hybridized carbons (Fsp3) is 0.529. The monoisotopic (exact) mass is 323 g/mol. The number of rotatable bonds is 6. The van der Waals surface area contributed by atoms with Crippen molar-refractivity contribution in [1.29, 1.82) is 0 Å². The lowest BCUT2D eigenvalue weighted by atomic mass is 9.87. The number of esters is 2. The quantitative estimate of drug-likeness (QED) is 0.771. The number of carbonyl (C=O) groups excluding carboxylic acids is 2. The third-order valence-corrected chi connectivity index (χ3v) is 3.27. The smallest absolute Gasteiger partial charge is 0.314 e. The number of hydrogen-bond donors (Lipinski definition) is 2. The van der Waals surface area contributed by atoms with Crippen molar-refractivity contribution < 1.29 is 24.2 Å². The normalized spacial score (nSPS) is 15.4. The molecule has 0 heterocycles. The van der Waals surface area contributed by atoms with Crippen LogP contribution in [0.4, 0.5) is 0 Å². The lowest BCUT2D eigenvalue weighted by Crippen LogP contribution is -2.42. The minimum atomic E-state index is -1.30. The number of ether oxygens (including phenoxy) is 2. The van der Waals surface area contributed by atoms with Crippen molar-refractivity contribution in [1.82, 2.24) is 0 Å². The molecule has 0 fully saturated rings. The summed E-state index contributed by atoms with van der Waals surface area (Å²) in [5.41, 5.74) is 6.11. The molecule has 3 unspecified atom stereocenters. The molecule has 0 saturated carbocycles. The van der Waals surface area contributed by atoms with Crippen molar-refractivity contribution in [2.45, 2.75) is 44.9 Å². The molecule has 3 N–H and O–H groups in total. The van der Waals surface area contributed by atoms with Gasteiger partial charge in [-0.3, -0.25) is 9.59 Å². The van der Waals surface area contributed by atoms with Crippen LogP contribution in [-0.4, -0.2) is 35.9 Å². The fourth-order valence-electron chi connectivity index (χ4n) is 2.18. The van der Waals surface area contributed by atoms with E-state index in [1.807, 2.05) is 6.07 Å². The first kappa shape index (κ1) is 19.1. The van der Waals surface area contributed by atoms with Crippen LogP contribution in [0, 0.1) is 5.92 Å². The van der Waals surface area contributed by atoms with E-state index in [2.05, 4.69) is 4.74 Å². The molecule has 0 aliphatic heterocycles. The summed E-state index contributed by atoms with van der Waals surface area (Å²) in [4.78, 5) is 23.9. The summed E-state index contributed by atoms with van der Waals surface area (Å²) in [7, 11) is 1.22. The molecular formula is C17H25NO5. The van der Waals surface area contributed by atoms with Gasteiger partial charge in [0.2, 0.25) is 0 Å². The molecule has 23 heavy (non-hydrogen) atoms. The van der Waals surface area contributed by atoms with Crippen LogP contribution in [0.15, 0.2) is 30.3 Å². The van der Waals surface area contributed by atoms with Crippen molar-refractivity contribution >= 4 is 11.9 Å². The van der Waals surface area contributed by atoms with E-state index in [0.29, 0.717) is 5.56 Å². The second-order valence-electron chi connectivity index (χ2n) is 6.34. The number of aliphatic hydroxyl groups excluding tert-OH is 1. The molecule has 0 bridgehead atoms. The Morgan fingerprint density at radius 3 is 2.26 bits per heavy atom. The highest BCUT2D eigenvalue weighted by atomic mass is 16.6. The van der Waals surface area contributed by atoms with Gasteiger partial charge < -0.3 is 20.3 Å². The average molecular weight is 323 g/mol. The molecule has 0 aliphatic carbocycles. The van der Waals surface area contributed by atoms with Gasteiger partial charge in [-0.2, -0.15) is 0 Å². The van der Waals surface area contributed by atoms with Crippen LogP contribution >= 0.6 is 0 Å². The van der Waals surface area contributed by atoms with Crippen molar-refractivity contribution in [2.24, 2.45) is 11.7 Å². The minimum Gasteiger partial charge on any atom is -0.469 e. The molecule has 3 atom stereocenters. The van der Waals surface area contributed by atoms with Crippen molar-refractivity contribution in [2.75, 3.05) is 7.11 Å². The maximum absolute atomic E-state index is 12.5. The minimum absolute atomic E-state index is 0.332. The molecule has 0 aliphatic rings. The van der Waals surface area contributed by atoms with Gasteiger partial charge in [-0.25, -0.2) is 0 Å². The molecule has 128 valence electrons. The Labute approximate surface area is 136 Å². The number of benzene rings is 1. The Morgan fingerprint density at radius 1 is 1.22 bits per heavy atom. The van der Waals surface area contributed by atoms with E-state index in [1.54, 1.807) is 45.0 Å². The molecule has 6 nitrogen and oxygen atoms in total. The van der Waals surface area contributed by atoms with Gasteiger partial charge in [-0.15, -0.1) is 0 Å². The Bertz CT molecular complexity index is 524. The topological polar surface area (TPSA) is 98.8 Å². The highest BCUT2D eigenvalue weighted by molar-refractivity contribution is 5.77. The van der Waals surface area contributed by atoms with Gasteiger partial charge in [0.05, 0.1) is 19.6 Å². The second kappa shape index (κ2) is 8.08. The molecule has 6 heteroatoms. The average Bonchev–Trinajstić information content (AvgIpc) is 2.46. The van der Waals surface area contributed by atoms with Crippen LogP contribution in [0.25, 0.3) is 0 Å². The van der Waals surface area contributed by atoms with Crippen LogP contribution in [0.1, 0.15) is 38.8 Å². The zero-order valence-corrected chi connectivity index (χ0v) is 14.0. The Hall–Kier alpha value is -1.92. The molecular weight excluding hydrogens is 298 g/mol. The van der Waals surface area contributed by atoms with Crippen molar-refractivity contribution in [3.63, 3.8) is 0 Å². The summed E-state index contributed by atoms with van der Waals surface area (Å²) in [6, 6.07) is 8.11. The predicted octanol–water partition coefficient (Wildman–Crippen LogP) is 1.57. The van der Waals surface area contributed by atoms with Crippen LogP contribution < -0.4 is 5.73 Å². The fourth-order valence-corrected chi connectivity index (χ4v) is 2.18. The SMILES string of the molecule is COC(=O)CC(O)C(C(=O)OC(C)(C)C)C(N)c1ccccc1. The summed E-state index contributed by atoms with van der Waals surface area (Å²) < 4.78 is 9.89. The molecule has 0 saturated heterocycles. The standard InChI is InChI=1S/C17H25NO5/c1-17(2,3)23-16(21)14(12(19)10-13(20)22-4)15(18)11-8-6-5-7-9-11/h5-9,12,14-15,19H,10,18H2,1-4H3. The van der Waals surface area contributed by atoms with Crippen molar-refractivity contribution in [3.05, 3.63) is 35.9 Å². The van der Waals surface area contributed by atoms with Crippen molar-refractivity contribution in [3.8, 4) is 0 Å². The molecule has 1 rings (SSSR count). The molecule has 1 aromatic carbocycles. The molecule has 0 aromatic heterocycles. The number of carbonyl (C=O) groups is 2. The Balaban J connectivity index is 3.05. The maximum atomic E-state index is 12.5. The van der Waals surface area contributed by atoms with Gasteiger partial charge in [0.25, 0.3) is 0 Å². The van der Waals surface area contributed by atoms with Gasteiger partial charge in [-0.05, 0) is 26.3 Å². The number of hydrogen-bond acceptors (Lipinski definition) is 6. The van der Waals surface area contributed by atoms with Gasteiger partial charge in [0.15, 0.2) is 0 Å². The lowest BCUT2D eigenvalue weighted by molar-refractivity contribution is -0.166. The third-order valence-electron chi connectivity index (χ3n) is 3.27. The van der Waals surface area contributed by atoms with Gasteiger partial charge in [0, 0.05) is 6.04 Å². The first-order valence-corrected chi connectivity index (χ1v) is 7.44. The molecule has 0 radical (unpaired) electrons. The Morgan fingerprint density at radius 2 is 1.78 bits per heavy atom. The van der Waals surface area contributed by atoms with E-state index in [4.69, 9.17) is 10.5 Å². The van der Waals surface area contributed by atoms with E-state index >= 15 is 0 Å². The first-order valence-electron chi connectivity index (χ1n) is 7.44. The van der Waals surface area contributed by atoms with Crippen LogP contribution in [0.2, 0.25) is 0 Å². The van der Waals surface area contributed by atoms with Gasteiger partial charge in [-0.1, -0.05) is 30.3 Å². The predicted molar refractivity (Wildman–Crippen MR) is 85.3 cm³/mol. The summed E-state index contributed by atoms with van der Waals surface area (Å²) in [6.45, 7) is 5.17.